The molecule has 0 bridgehead atoms. The van der Waals surface area contributed by atoms with Crippen LogP contribution in [0.25, 0.3) is 0 Å². The molecule has 0 saturated carbocycles. The first-order valence-corrected chi connectivity index (χ1v) is 6.36. The molecule has 94 valence electrons. The Morgan fingerprint density at radius 1 is 1.44 bits per heavy atom. The first-order valence-electron chi connectivity index (χ1n) is 6.36. The Bertz CT molecular complexity index is 522. The topological polar surface area (TPSA) is 60.9 Å². The molecule has 4 nitrogen and oxygen atoms in total. The molecule has 1 aliphatic carbocycles. The predicted octanol–water partition coefficient (Wildman–Crippen LogP) is 1.93. The summed E-state index contributed by atoms with van der Waals surface area (Å²) in [7, 11) is 0. The normalized spacial score (nSPS) is 17.9. The van der Waals surface area contributed by atoms with Crippen molar-refractivity contribution in [3.8, 4) is 5.75 Å². The van der Waals surface area contributed by atoms with E-state index in [0.717, 1.165) is 37.1 Å². The lowest BCUT2D eigenvalue weighted by molar-refractivity contribution is 0.469. The van der Waals surface area contributed by atoms with E-state index >= 15 is 0 Å². The largest absolute Gasteiger partial charge is 0.508 e. The molecule has 1 aliphatic rings. The number of phenols is 1. The SMILES string of the molecule is Oc1cccc2c1CCC2NCCc1cnc[nH]1. The number of hydrogen-bond acceptors (Lipinski definition) is 3. The summed E-state index contributed by atoms with van der Waals surface area (Å²) in [6.07, 6.45) is 6.54. The van der Waals surface area contributed by atoms with Crippen LogP contribution >= 0.6 is 0 Å². The van der Waals surface area contributed by atoms with E-state index in [-0.39, 0.29) is 0 Å². The highest BCUT2D eigenvalue weighted by Crippen LogP contribution is 2.35. The van der Waals surface area contributed by atoms with Gasteiger partial charge in [-0.3, -0.25) is 0 Å². The number of aromatic amines is 1. The third-order valence-corrected chi connectivity index (χ3v) is 3.59. The summed E-state index contributed by atoms with van der Waals surface area (Å²) in [5, 5.41) is 13.3. The monoisotopic (exact) mass is 243 g/mol. The van der Waals surface area contributed by atoms with Crippen LogP contribution in [0.2, 0.25) is 0 Å². The summed E-state index contributed by atoms with van der Waals surface area (Å²) in [5.41, 5.74) is 3.51. The van der Waals surface area contributed by atoms with Gasteiger partial charge in [0.2, 0.25) is 0 Å². The minimum atomic E-state index is 0.370. The van der Waals surface area contributed by atoms with E-state index in [0.29, 0.717) is 11.8 Å². The maximum Gasteiger partial charge on any atom is 0.119 e. The number of aromatic hydroxyl groups is 1. The zero-order valence-electron chi connectivity index (χ0n) is 10.2. The Labute approximate surface area is 106 Å². The number of aromatic nitrogens is 2. The molecule has 0 saturated heterocycles. The van der Waals surface area contributed by atoms with Crippen molar-refractivity contribution in [3.63, 3.8) is 0 Å². The minimum absolute atomic E-state index is 0.370. The zero-order chi connectivity index (χ0) is 12.4. The van der Waals surface area contributed by atoms with Gasteiger partial charge in [0.05, 0.1) is 6.33 Å². The third kappa shape index (κ3) is 2.11. The fourth-order valence-corrected chi connectivity index (χ4v) is 2.65. The van der Waals surface area contributed by atoms with Gasteiger partial charge < -0.3 is 15.4 Å². The molecule has 0 aliphatic heterocycles. The van der Waals surface area contributed by atoms with Crippen LogP contribution in [0.5, 0.6) is 5.75 Å². The Kier molecular flexibility index (Phi) is 3.02. The third-order valence-electron chi connectivity index (χ3n) is 3.59. The van der Waals surface area contributed by atoms with Gasteiger partial charge in [0, 0.05) is 30.9 Å². The van der Waals surface area contributed by atoms with Crippen LogP contribution in [0.15, 0.2) is 30.7 Å². The van der Waals surface area contributed by atoms with Gasteiger partial charge in [0.1, 0.15) is 5.75 Å². The number of phenolic OH excluding ortho intramolecular Hbond substituents is 1. The maximum absolute atomic E-state index is 9.78. The van der Waals surface area contributed by atoms with Crippen molar-refractivity contribution in [2.75, 3.05) is 6.54 Å². The lowest BCUT2D eigenvalue weighted by Crippen LogP contribution is -2.21. The number of rotatable bonds is 4. The van der Waals surface area contributed by atoms with Crippen molar-refractivity contribution in [2.45, 2.75) is 25.3 Å². The van der Waals surface area contributed by atoms with E-state index in [9.17, 15) is 5.11 Å². The Morgan fingerprint density at radius 3 is 3.22 bits per heavy atom. The smallest absolute Gasteiger partial charge is 0.119 e. The van der Waals surface area contributed by atoms with Crippen LogP contribution in [-0.2, 0) is 12.8 Å². The van der Waals surface area contributed by atoms with Crippen molar-refractivity contribution in [1.82, 2.24) is 15.3 Å². The quantitative estimate of drug-likeness (QED) is 0.769. The lowest BCUT2D eigenvalue weighted by atomic mass is 10.1. The number of nitrogens with zero attached hydrogens (tertiary/aromatic N) is 1. The molecular formula is C14H17N3O. The molecule has 1 atom stereocenters. The molecule has 0 spiro atoms. The predicted molar refractivity (Wildman–Crippen MR) is 69.5 cm³/mol. The summed E-state index contributed by atoms with van der Waals surface area (Å²) < 4.78 is 0. The second-order valence-corrected chi connectivity index (χ2v) is 4.72. The van der Waals surface area contributed by atoms with Crippen LogP contribution in [-0.4, -0.2) is 21.6 Å². The average Bonchev–Trinajstić information content (AvgIpc) is 3.00. The molecule has 4 heteroatoms. The van der Waals surface area contributed by atoms with Gasteiger partial charge in [-0.1, -0.05) is 12.1 Å². The second kappa shape index (κ2) is 4.82. The molecule has 0 radical (unpaired) electrons. The molecule has 1 heterocycles. The molecule has 1 unspecified atom stereocenters. The number of nitrogens with one attached hydrogen (secondary N) is 2. The summed E-state index contributed by atoms with van der Waals surface area (Å²) in [6, 6.07) is 6.17. The summed E-state index contributed by atoms with van der Waals surface area (Å²) in [4.78, 5) is 7.10. The van der Waals surface area contributed by atoms with Gasteiger partial charge in [0.25, 0.3) is 0 Å². The first-order chi connectivity index (χ1) is 8.84. The number of benzene rings is 1. The highest BCUT2D eigenvalue weighted by molar-refractivity contribution is 5.44. The molecular weight excluding hydrogens is 226 g/mol. The van der Waals surface area contributed by atoms with Crippen molar-refractivity contribution in [3.05, 3.63) is 47.5 Å². The van der Waals surface area contributed by atoms with Crippen LogP contribution in [0.3, 0.4) is 0 Å². The van der Waals surface area contributed by atoms with E-state index in [2.05, 4.69) is 21.4 Å². The summed E-state index contributed by atoms with van der Waals surface area (Å²) in [5.74, 6) is 0.436. The molecule has 3 rings (SSSR count). The molecule has 1 aromatic carbocycles. The molecule has 18 heavy (non-hydrogen) atoms. The van der Waals surface area contributed by atoms with E-state index < -0.39 is 0 Å². The molecule has 2 aromatic rings. The van der Waals surface area contributed by atoms with Crippen LogP contribution in [0, 0.1) is 0 Å². The second-order valence-electron chi connectivity index (χ2n) is 4.72. The van der Waals surface area contributed by atoms with Crippen molar-refractivity contribution in [2.24, 2.45) is 0 Å². The van der Waals surface area contributed by atoms with Crippen LogP contribution in [0.1, 0.15) is 29.3 Å². The lowest BCUT2D eigenvalue weighted by Gasteiger charge is -2.13. The van der Waals surface area contributed by atoms with Gasteiger partial charge >= 0.3 is 0 Å². The Balaban J connectivity index is 1.61. The van der Waals surface area contributed by atoms with E-state index in [4.69, 9.17) is 0 Å². The van der Waals surface area contributed by atoms with Gasteiger partial charge in [-0.2, -0.15) is 0 Å². The van der Waals surface area contributed by atoms with Crippen molar-refractivity contribution < 1.29 is 5.11 Å². The van der Waals surface area contributed by atoms with Crippen molar-refractivity contribution in [1.29, 1.82) is 0 Å². The van der Waals surface area contributed by atoms with Gasteiger partial charge in [-0.15, -0.1) is 0 Å². The fraction of sp³-hybridized carbons (Fsp3) is 0.357. The first kappa shape index (κ1) is 11.3. The fourth-order valence-electron chi connectivity index (χ4n) is 2.65. The highest BCUT2D eigenvalue weighted by atomic mass is 16.3. The standard InChI is InChI=1S/C14H17N3O/c18-14-3-1-2-11-12(14)4-5-13(11)16-7-6-10-8-15-9-17-10/h1-3,8-9,13,16,18H,4-7H2,(H,15,17). The maximum atomic E-state index is 9.78. The molecule has 1 aromatic heterocycles. The number of H-pyrrole nitrogens is 1. The molecule has 3 N–H and O–H groups in total. The Hall–Kier alpha value is -1.81. The molecule has 0 fully saturated rings. The summed E-state index contributed by atoms with van der Waals surface area (Å²) in [6.45, 7) is 0.919. The zero-order valence-corrected chi connectivity index (χ0v) is 10.2. The number of fused-ring (bicyclic) bond motifs is 1. The van der Waals surface area contributed by atoms with Crippen LogP contribution in [0.4, 0.5) is 0 Å². The molecule has 0 amide bonds. The number of hydrogen-bond donors (Lipinski definition) is 3. The highest BCUT2D eigenvalue weighted by Gasteiger charge is 2.23. The van der Waals surface area contributed by atoms with E-state index in [1.807, 2.05) is 12.3 Å². The van der Waals surface area contributed by atoms with Gasteiger partial charge in [-0.25, -0.2) is 4.98 Å². The Morgan fingerprint density at radius 2 is 2.39 bits per heavy atom. The summed E-state index contributed by atoms with van der Waals surface area (Å²) >= 11 is 0. The minimum Gasteiger partial charge on any atom is -0.508 e. The van der Waals surface area contributed by atoms with Gasteiger partial charge in [0.15, 0.2) is 0 Å². The van der Waals surface area contributed by atoms with E-state index in [1.165, 1.54) is 5.56 Å². The van der Waals surface area contributed by atoms with Crippen molar-refractivity contribution >= 4 is 0 Å². The number of imidazole rings is 1. The van der Waals surface area contributed by atoms with E-state index in [1.54, 1.807) is 12.4 Å². The van der Waals surface area contributed by atoms with Crippen LogP contribution < -0.4 is 5.32 Å². The average molecular weight is 243 g/mol. The van der Waals surface area contributed by atoms with Gasteiger partial charge in [-0.05, 0) is 30.0 Å².